The Bertz CT molecular complexity index is 905. The molecule has 0 spiro atoms. The fourth-order valence-electron chi connectivity index (χ4n) is 4.20. The van der Waals surface area contributed by atoms with E-state index < -0.39 is 47.7 Å². The van der Waals surface area contributed by atoms with E-state index in [4.69, 9.17) is 14.6 Å². The van der Waals surface area contributed by atoms with Crippen molar-refractivity contribution in [2.75, 3.05) is 6.61 Å². The van der Waals surface area contributed by atoms with Gasteiger partial charge in [0.15, 0.2) is 11.6 Å². The van der Waals surface area contributed by atoms with E-state index in [-0.39, 0.29) is 17.5 Å². The number of aliphatic hydroxyl groups is 2. The highest BCUT2D eigenvalue weighted by Crippen LogP contribution is 2.38. The molecule has 33 heavy (non-hydrogen) atoms. The maximum absolute atomic E-state index is 13.3. The van der Waals surface area contributed by atoms with Crippen molar-refractivity contribution in [3.8, 4) is 0 Å². The van der Waals surface area contributed by atoms with E-state index >= 15 is 0 Å². The van der Waals surface area contributed by atoms with Gasteiger partial charge in [0.2, 0.25) is 5.91 Å². The van der Waals surface area contributed by atoms with Gasteiger partial charge in [-0.2, -0.15) is 0 Å². The van der Waals surface area contributed by atoms with Gasteiger partial charge >= 0.3 is 6.09 Å². The van der Waals surface area contributed by atoms with Gasteiger partial charge in [-0.25, -0.2) is 9.69 Å². The van der Waals surface area contributed by atoms with Crippen molar-refractivity contribution in [3.63, 3.8) is 0 Å². The quantitative estimate of drug-likeness (QED) is 0.475. The van der Waals surface area contributed by atoms with Crippen LogP contribution < -0.4 is 0 Å². The number of cyclic esters (lactones) is 1. The van der Waals surface area contributed by atoms with Gasteiger partial charge in [0.05, 0.1) is 16.4 Å². The van der Waals surface area contributed by atoms with Crippen LogP contribution in [0.4, 0.5) is 4.79 Å². The van der Waals surface area contributed by atoms with E-state index in [0.29, 0.717) is 12.8 Å². The third-order valence-electron chi connectivity index (χ3n) is 6.15. The lowest BCUT2D eigenvalue weighted by molar-refractivity contribution is -0.217. The van der Waals surface area contributed by atoms with Crippen molar-refractivity contribution in [2.24, 2.45) is 5.92 Å². The molecule has 3 rings (SSSR count). The smallest absolute Gasteiger partial charge is 0.417 e. The average Bonchev–Trinajstić information content (AvgIpc) is 3.10. The molecular weight excluding hydrogens is 494 g/mol. The molecule has 9 heteroatoms. The molecule has 2 N–H and O–H groups in total. The van der Waals surface area contributed by atoms with Crippen LogP contribution in [-0.2, 0) is 19.1 Å². The van der Waals surface area contributed by atoms with Crippen molar-refractivity contribution in [1.29, 1.82) is 0 Å². The number of carbonyl (C=O) groups excluding carboxylic acids is 3. The number of rotatable bonds is 9. The molecule has 0 bridgehead atoms. The molecular formula is C24H30BrNO7. The topological polar surface area (TPSA) is 113 Å². The standard InChI is InChI=1S/C24H30BrNO7/c1-15(20-18(28)14-19(25)24(31,33-20)12-8-3-4-9-13-27)22(29)26-16(2)21(32-23(26)30)17-10-6-5-7-11-17/h5-7,10-11,14-16,20-21,27,31H,3-4,8-9,12-13H2,1-2H3/t15-,16-,20-,21-,24+/m0/s1. The first-order valence-corrected chi connectivity index (χ1v) is 12.0. The summed E-state index contributed by atoms with van der Waals surface area (Å²) in [6.07, 6.45) is 1.71. The summed E-state index contributed by atoms with van der Waals surface area (Å²) in [5, 5.41) is 19.9. The first-order chi connectivity index (χ1) is 15.7. The van der Waals surface area contributed by atoms with Crippen molar-refractivity contribution >= 4 is 33.7 Å². The minimum atomic E-state index is -1.74. The molecule has 1 fully saturated rings. The molecule has 1 saturated heterocycles. The van der Waals surface area contributed by atoms with Gasteiger partial charge in [0.1, 0.15) is 12.2 Å². The van der Waals surface area contributed by atoms with Crippen LogP contribution in [0.2, 0.25) is 0 Å². The van der Waals surface area contributed by atoms with Gasteiger partial charge in [-0.3, -0.25) is 9.59 Å². The van der Waals surface area contributed by atoms with Crippen molar-refractivity contribution in [1.82, 2.24) is 4.90 Å². The molecule has 180 valence electrons. The van der Waals surface area contributed by atoms with E-state index in [1.807, 2.05) is 30.3 Å². The number of imide groups is 1. The number of amides is 2. The number of hydrogen-bond acceptors (Lipinski definition) is 7. The highest BCUT2D eigenvalue weighted by Gasteiger charge is 2.49. The Kier molecular flexibility index (Phi) is 8.44. The molecule has 0 radical (unpaired) electrons. The SMILES string of the molecule is C[C@H](C(=O)N1C(=O)O[C@H](c2ccccc2)[C@@H]1C)[C@@H]1O[C@](O)(CCCCCCO)C(Br)=CC1=O. The molecule has 2 heterocycles. The number of benzene rings is 1. The second kappa shape index (κ2) is 10.9. The number of hydrogen-bond donors (Lipinski definition) is 2. The first-order valence-electron chi connectivity index (χ1n) is 11.2. The predicted octanol–water partition coefficient (Wildman–Crippen LogP) is 3.61. The lowest BCUT2D eigenvalue weighted by atomic mass is 9.93. The summed E-state index contributed by atoms with van der Waals surface area (Å²) in [6.45, 7) is 3.34. The number of ether oxygens (including phenoxy) is 2. The zero-order valence-corrected chi connectivity index (χ0v) is 20.4. The van der Waals surface area contributed by atoms with Gasteiger partial charge in [0.25, 0.3) is 0 Å². The largest absolute Gasteiger partial charge is 0.439 e. The van der Waals surface area contributed by atoms with Crippen molar-refractivity contribution < 1.29 is 34.1 Å². The minimum absolute atomic E-state index is 0.114. The zero-order chi connectivity index (χ0) is 24.2. The summed E-state index contributed by atoms with van der Waals surface area (Å²) in [7, 11) is 0. The molecule has 8 nitrogen and oxygen atoms in total. The van der Waals surface area contributed by atoms with Crippen LogP contribution in [0.1, 0.15) is 57.6 Å². The van der Waals surface area contributed by atoms with Crippen LogP contribution in [0.25, 0.3) is 0 Å². The summed E-state index contributed by atoms with van der Waals surface area (Å²) in [5.74, 6) is -3.82. The normalized spacial score (nSPS) is 28.5. The Labute approximate surface area is 201 Å². The van der Waals surface area contributed by atoms with Crippen LogP contribution in [-0.4, -0.2) is 57.4 Å². The van der Waals surface area contributed by atoms with E-state index in [1.165, 1.54) is 13.0 Å². The van der Waals surface area contributed by atoms with E-state index in [1.54, 1.807) is 6.92 Å². The molecule has 2 aliphatic rings. The van der Waals surface area contributed by atoms with E-state index in [9.17, 15) is 19.5 Å². The molecule has 0 unspecified atom stereocenters. The number of carbonyl (C=O) groups is 3. The highest BCUT2D eigenvalue weighted by atomic mass is 79.9. The molecule has 0 aliphatic carbocycles. The maximum atomic E-state index is 13.3. The third kappa shape index (κ3) is 5.54. The molecule has 1 aromatic carbocycles. The third-order valence-corrected chi connectivity index (χ3v) is 7.00. The number of unbranched alkanes of at least 4 members (excludes halogenated alkanes) is 3. The second-order valence-electron chi connectivity index (χ2n) is 8.56. The van der Waals surface area contributed by atoms with Crippen LogP contribution in [0.5, 0.6) is 0 Å². The second-order valence-corrected chi connectivity index (χ2v) is 9.41. The van der Waals surface area contributed by atoms with Crippen LogP contribution in [0.3, 0.4) is 0 Å². The predicted molar refractivity (Wildman–Crippen MR) is 123 cm³/mol. The van der Waals surface area contributed by atoms with Crippen LogP contribution in [0.15, 0.2) is 40.9 Å². The summed E-state index contributed by atoms with van der Waals surface area (Å²) in [4.78, 5) is 39.5. The van der Waals surface area contributed by atoms with E-state index in [0.717, 1.165) is 23.3 Å². The monoisotopic (exact) mass is 523 g/mol. The summed E-state index contributed by atoms with van der Waals surface area (Å²) in [6, 6.07) is 8.58. The fourth-order valence-corrected chi connectivity index (χ4v) is 4.71. The van der Waals surface area contributed by atoms with Gasteiger partial charge in [0, 0.05) is 13.0 Å². The molecule has 2 aliphatic heterocycles. The molecule has 5 atom stereocenters. The summed E-state index contributed by atoms with van der Waals surface area (Å²) >= 11 is 3.22. The molecule has 2 amide bonds. The molecule has 0 saturated carbocycles. The van der Waals surface area contributed by atoms with E-state index in [2.05, 4.69) is 15.9 Å². The first kappa shape index (κ1) is 25.6. The summed E-state index contributed by atoms with van der Waals surface area (Å²) < 4.78 is 11.4. The van der Waals surface area contributed by atoms with Crippen molar-refractivity contribution in [2.45, 2.75) is 70.0 Å². The Morgan fingerprint density at radius 2 is 1.85 bits per heavy atom. The Balaban J connectivity index is 1.71. The Morgan fingerprint density at radius 1 is 1.18 bits per heavy atom. The maximum Gasteiger partial charge on any atom is 0.417 e. The number of halogens is 1. The lowest BCUT2D eigenvalue weighted by Gasteiger charge is -2.37. The van der Waals surface area contributed by atoms with Gasteiger partial charge in [-0.15, -0.1) is 0 Å². The Hall–Kier alpha value is -2.07. The zero-order valence-electron chi connectivity index (χ0n) is 18.8. The van der Waals surface area contributed by atoms with Gasteiger partial charge in [-0.05, 0) is 47.3 Å². The average molecular weight is 524 g/mol. The van der Waals surface area contributed by atoms with Gasteiger partial charge < -0.3 is 19.7 Å². The Morgan fingerprint density at radius 3 is 2.52 bits per heavy atom. The van der Waals surface area contributed by atoms with Crippen LogP contribution in [0, 0.1) is 5.92 Å². The fraction of sp³-hybridized carbons (Fsp3) is 0.542. The minimum Gasteiger partial charge on any atom is -0.439 e. The number of aliphatic hydroxyl groups excluding tert-OH is 1. The number of nitrogens with zero attached hydrogens (tertiary/aromatic N) is 1. The summed E-state index contributed by atoms with van der Waals surface area (Å²) in [5.41, 5.74) is 0.772. The lowest BCUT2D eigenvalue weighted by Crippen LogP contribution is -2.51. The molecule has 1 aromatic rings. The van der Waals surface area contributed by atoms with Gasteiger partial charge in [-0.1, -0.05) is 50.1 Å². The van der Waals surface area contributed by atoms with Crippen molar-refractivity contribution in [3.05, 3.63) is 46.5 Å². The number of ketones is 1. The highest BCUT2D eigenvalue weighted by molar-refractivity contribution is 9.11. The van der Waals surface area contributed by atoms with Crippen LogP contribution >= 0.6 is 15.9 Å². The molecule has 0 aromatic heterocycles.